The maximum absolute atomic E-state index is 12.8. The highest BCUT2D eigenvalue weighted by Crippen LogP contribution is 2.36. The lowest BCUT2D eigenvalue weighted by Gasteiger charge is -2.35. The number of benzene rings is 1. The van der Waals surface area contributed by atoms with E-state index in [0.29, 0.717) is 24.3 Å². The summed E-state index contributed by atoms with van der Waals surface area (Å²) in [6, 6.07) is 4.31. The van der Waals surface area contributed by atoms with Crippen LogP contribution in [0.2, 0.25) is 0 Å². The van der Waals surface area contributed by atoms with Crippen molar-refractivity contribution in [2.24, 2.45) is 5.92 Å². The van der Waals surface area contributed by atoms with Crippen LogP contribution in [0.4, 0.5) is 30.2 Å². The highest BCUT2D eigenvalue weighted by atomic mass is 19.4. The summed E-state index contributed by atoms with van der Waals surface area (Å²) >= 11 is 0. The molecule has 1 fully saturated rings. The molecule has 1 atom stereocenters. The SMILES string of the molecule is CNc1cc(N2CCCC(C(F)(F)F)C2)cc([N+](=O)[O-])c1. The summed E-state index contributed by atoms with van der Waals surface area (Å²) in [6.07, 6.45) is -3.71. The Balaban J connectivity index is 2.28. The predicted octanol–water partition coefficient (Wildman–Crippen LogP) is 3.42. The van der Waals surface area contributed by atoms with E-state index in [1.165, 1.54) is 12.1 Å². The van der Waals surface area contributed by atoms with Crippen LogP contribution in [0.5, 0.6) is 0 Å². The van der Waals surface area contributed by atoms with Crippen LogP contribution in [0.1, 0.15) is 12.8 Å². The number of non-ortho nitro benzene ring substituents is 1. The first-order chi connectivity index (χ1) is 9.81. The first-order valence-electron chi connectivity index (χ1n) is 6.60. The topological polar surface area (TPSA) is 58.4 Å². The number of rotatable bonds is 3. The van der Waals surface area contributed by atoms with Gasteiger partial charge in [0.15, 0.2) is 0 Å². The van der Waals surface area contributed by atoms with Crippen LogP contribution in [0.25, 0.3) is 0 Å². The monoisotopic (exact) mass is 303 g/mol. The van der Waals surface area contributed by atoms with Gasteiger partial charge in [0.25, 0.3) is 5.69 Å². The Bertz CT molecular complexity index is 534. The van der Waals surface area contributed by atoms with Crippen molar-refractivity contribution >= 4 is 17.1 Å². The normalized spacial score (nSPS) is 19.4. The number of nitro benzene ring substituents is 1. The van der Waals surface area contributed by atoms with E-state index in [9.17, 15) is 23.3 Å². The molecular formula is C13H16F3N3O2. The van der Waals surface area contributed by atoms with Gasteiger partial charge < -0.3 is 10.2 Å². The molecule has 1 aromatic rings. The van der Waals surface area contributed by atoms with Gasteiger partial charge in [0, 0.05) is 43.6 Å². The maximum atomic E-state index is 12.8. The van der Waals surface area contributed by atoms with Crippen LogP contribution in [0.3, 0.4) is 0 Å². The molecule has 1 heterocycles. The zero-order valence-corrected chi connectivity index (χ0v) is 11.5. The largest absolute Gasteiger partial charge is 0.393 e. The minimum Gasteiger partial charge on any atom is -0.388 e. The van der Waals surface area contributed by atoms with E-state index < -0.39 is 17.0 Å². The molecular weight excluding hydrogens is 287 g/mol. The third-order valence-corrected chi connectivity index (χ3v) is 3.65. The van der Waals surface area contributed by atoms with Crippen molar-refractivity contribution < 1.29 is 18.1 Å². The molecule has 1 aliphatic rings. The van der Waals surface area contributed by atoms with E-state index in [-0.39, 0.29) is 18.7 Å². The molecule has 0 spiro atoms. The van der Waals surface area contributed by atoms with Crippen molar-refractivity contribution in [2.45, 2.75) is 19.0 Å². The number of anilines is 2. The zero-order chi connectivity index (χ0) is 15.6. The van der Waals surface area contributed by atoms with Crippen LogP contribution >= 0.6 is 0 Å². The predicted molar refractivity (Wildman–Crippen MR) is 73.6 cm³/mol. The number of hydrogen-bond donors (Lipinski definition) is 1. The fraction of sp³-hybridized carbons (Fsp3) is 0.538. The highest BCUT2D eigenvalue weighted by Gasteiger charge is 2.42. The van der Waals surface area contributed by atoms with Gasteiger partial charge in [-0.15, -0.1) is 0 Å². The molecule has 2 rings (SSSR count). The van der Waals surface area contributed by atoms with Crippen molar-refractivity contribution in [3.8, 4) is 0 Å². The van der Waals surface area contributed by atoms with Gasteiger partial charge in [0.05, 0.1) is 10.8 Å². The van der Waals surface area contributed by atoms with Crippen molar-refractivity contribution in [3.63, 3.8) is 0 Å². The molecule has 0 radical (unpaired) electrons. The lowest BCUT2D eigenvalue weighted by Crippen LogP contribution is -2.41. The van der Waals surface area contributed by atoms with Gasteiger partial charge in [0.1, 0.15) is 0 Å². The molecule has 1 N–H and O–H groups in total. The molecule has 21 heavy (non-hydrogen) atoms. The van der Waals surface area contributed by atoms with Crippen molar-refractivity contribution in [1.82, 2.24) is 0 Å². The molecule has 0 saturated carbocycles. The van der Waals surface area contributed by atoms with Crippen LogP contribution in [-0.4, -0.2) is 31.2 Å². The molecule has 0 aliphatic carbocycles. The molecule has 116 valence electrons. The van der Waals surface area contributed by atoms with Gasteiger partial charge in [0.2, 0.25) is 0 Å². The quantitative estimate of drug-likeness (QED) is 0.686. The van der Waals surface area contributed by atoms with Gasteiger partial charge in [-0.3, -0.25) is 10.1 Å². The Kier molecular flexibility index (Phi) is 4.24. The number of hydrogen-bond acceptors (Lipinski definition) is 4. The highest BCUT2D eigenvalue weighted by molar-refractivity contribution is 5.64. The number of piperidine rings is 1. The minimum absolute atomic E-state index is 0.105. The van der Waals surface area contributed by atoms with Gasteiger partial charge in [-0.1, -0.05) is 0 Å². The molecule has 1 aromatic carbocycles. The third kappa shape index (κ3) is 3.56. The van der Waals surface area contributed by atoms with Crippen molar-refractivity contribution in [1.29, 1.82) is 0 Å². The molecule has 0 amide bonds. The third-order valence-electron chi connectivity index (χ3n) is 3.65. The van der Waals surface area contributed by atoms with E-state index in [1.807, 2.05) is 0 Å². The van der Waals surface area contributed by atoms with E-state index >= 15 is 0 Å². The average molecular weight is 303 g/mol. The van der Waals surface area contributed by atoms with Gasteiger partial charge in [-0.25, -0.2) is 0 Å². The number of nitro groups is 1. The van der Waals surface area contributed by atoms with E-state index in [4.69, 9.17) is 0 Å². The van der Waals surface area contributed by atoms with E-state index in [0.717, 1.165) is 0 Å². The summed E-state index contributed by atoms with van der Waals surface area (Å²) in [5.41, 5.74) is 0.821. The van der Waals surface area contributed by atoms with Crippen molar-refractivity contribution in [2.75, 3.05) is 30.4 Å². The van der Waals surface area contributed by atoms with E-state index in [2.05, 4.69) is 5.32 Å². The summed E-state index contributed by atoms with van der Waals surface area (Å²) < 4.78 is 38.5. The fourth-order valence-electron chi connectivity index (χ4n) is 2.51. The Labute approximate surface area is 119 Å². The first kappa shape index (κ1) is 15.4. The first-order valence-corrected chi connectivity index (χ1v) is 6.60. The van der Waals surface area contributed by atoms with Crippen molar-refractivity contribution in [3.05, 3.63) is 28.3 Å². The average Bonchev–Trinajstić information content (AvgIpc) is 2.46. The number of alkyl halides is 3. The standard InChI is InChI=1S/C13H16F3N3O2/c1-17-10-5-11(7-12(6-10)19(20)21)18-4-2-3-9(8-18)13(14,15)16/h5-7,9,17H,2-4,8H2,1H3. The second-order valence-electron chi connectivity index (χ2n) is 5.07. The second kappa shape index (κ2) is 5.79. The van der Waals surface area contributed by atoms with Crippen LogP contribution in [-0.2, 0) is 0 Å². The molecule has 5 nitrogen and oxygen atoms in total. The zero-order valence-electron chi connectivity index (χ0n) is 11.5. The second-order valence-corrected chi connectivity index (χ2v) is 5.07. The Morgan fingerprint density at radius 3 is 2.67 bits per heavy atom. The Morgan fingerprint density at radius 1 is 1.38 bits per heavy atom. The summed E-state index contributed by atoms with van der Waals surface area (Å²) in [6.45, 7) is 0.310. The lowest BCUT2D eigenvalue weighted by atomic mass is 9.97. The lowest BCUT2D eigenvalue weighted by molar-refractivity contribution is -0.384. The van der Waals surface area contributed by atoms with Crippen LogP contribution < -0.4 is 10.2 Å². The van der Waals surface area contributed by atoms with Gasteiger partial charge >= 0.3 is 6.18 Å². The summed E-state index contributed by atoms with van der Waals surface area (Å²) in [5, 5.41) is 13.7. The summed E-state index contributed by atoms with van der Waals surface area (Å²) in [4.78, 5) is 11.9. The number of nitrogens with zero attached hydrogens (tertiary/aromatic N) is 2. The fourth-order valence-corrected chi connectivity index (χ4v) is 2.51. The maximum Gasteiger partial charge on any atom is 0.393 e. The molecule has 8 heteroatoms. The summed E-state index contributed by atoms with van der Waals surface area (Å²) in [5.74, 6) is -1.39. The number of halogens is 3. The minimum atomic E-state index is -4.23. The van der Waals surface area contributed by atoms with Gasteiger partial charge in [-0.2, -0.15) is 13.2 Å². The molecule has 1 saturated heterocycles. The number of nitrogens with one attached hydrogen (secondary N) is 1. The van der Waals surface area contributed by atoms with Crippen LogP contribution in [0, 0.1) is 16.0 Å². The molecule has 0 bridgehead atoms. The Hall–Kier alpha value is -1.99. The van der Waals surface area contributed by atoms with Crippen LogP contribution in [0.15, 0.2) is 18.2 Å². The molecule has 0 aromatic heterocycles. The smallest absolute Gasteiger partial charge is 0.388 e. The summed E-state index contributed by atoms with van der Waals surface area (Å²) in [7, 11) is 1.61. The Morgan fingerprint density at radius 2 is 2.10 bits per heavy atom. The van der Waals surface area contributed by atoms with Gasteiger partial charge in [-0.05, 0) is 18.9 Å². The van der Waals surface area contributed by atoms with E-state index in [1.54, 1.807) is 18.0 Å². The molecule has 1 aliphatic heterocycles. The molecule has 1 unspecified atom stereocenters.